The van der Waals surface area contributed by atoms with E-state index in [9.17, 15) is 4.39 Å². The summed E-state index contributed by atoms with van der Waals surface area (Å²) < 4.78 is 18.8. The first-order valence-electron chi connectivity index (χ1n) is 7.01. The zero-order valence-corrected chi connectivity index (χ0v) is 12.6. The van der Waals surface area contributed by atoms with Crippen molar-refractivity contribution in [1.82, 2.24) is 15.3 Å². The molecule has 1 heterocycles. The average molecular weight is 289 g/mol. The number of methoxy groups -OCH3 is 1. The zero-order valence-electron chi connectivity index (χ0n) is 12.6. The third kappa shape index (κ3) is 3.55. The number of hydrogen-bond acceptors (Lipinski definition) is 4. The number of ether oxygens (including phenoxy) is 1. The number of aromatic nitrogens is 2. The van der Waals surface area contributed by atoms with E-state index in [1.54, 1.807) is 32.5 Å². The predicted octanol–water partition coefficient (Wildman–Crippen LogP) is 3.02. The number of nitrogens with zero attached hydrogens (tertiary/aromatic N) is 2. The summed E-state index contributed by atoms with van der Waals surface area (Å²) in [4.78, 5) is 8.58. The molecule has 112 valence electrons. The first kappa shape index (κ1) is 15.4. The van der Waals surface area contributed by atoms with Gasteiger partial charge in [-0.1, -0.05) is 19.1 Å². The molecule has 0 aliphatic carbocycles. The topological polar surface area (TPSA) is 47.0 Å². The van der Waals surface area contributed by atoms with Gasteiger partial charge >= 0.3 is 0 Å². The van der Waals surface area contributed by atoms with E-state index in [1.165, 1.54) is 6.07 Å². The Bertz CT molecular complexity index is 604. The molecule has 1 aromatic carbocycles. The van der Waals surface area contributed by atoms with Crippen LogP contribution >= 0.6 is 0 Å². The van der Waals surface area contributed by atoms with Crippen LogP contribution in [0.15, 0.2) is 30.6 Å². The molecule has 0 amide bonds. The Morgan fingerprint density at radius 2 is 2.05 bits per heavy atom. The summed E-state index contributed by atoms with van der Waals surface area (Å²) in [5, 5.41) is 3.42. The van der Waals surface area contributed by atoms with E-state index in [2.05, 4.69) is 22.2 Å². The molecule has 1 atom stereocenters. The Kier molecular flexibility index (Phi) is 5.22. The second-order valence-electron chi connectivity index (χ2n) is 4.85. The average Bonchev–Trinajstić information content (AvgIpc) is 2.51. The van der Waals surface area contributed by atoms with Gasteiger partial charge in [0.05, 0.1) is 13.2 Å². The summed E-state index contributed by atoms with van der Waals surface area (Å²) >= 11 is 0. The van der Waals surface area contributed by atoms with Crippen molar-refractivity contribution >= 4 is 0 Å². The molecule has 1 unspecified atom stereocenters. The minimum absolute atomic E-state index is 0.173. The second-order valence-corrected chi connectivity index (χ2v) is 4.85. The van der Waals surface area contributed by atoms with Crippen LogP contribution in [0.1, 0.15) is 36.2 Å². The van der Waals surface area contributed by atoms with Crippen LogP contribution in [-0.2, 0) is 0 Å². The van der Waals surface area contributed by atoms with Gasteiger partial charge in [-0.15, -0.1) is 0 Å². The molecule has 1 N–H and O–H groups in total. The molecule has 1 aromatic heterocycles. The van der Waals surface area contributed by atoms with Crippen LogP contribution in [0.25, 0.3) is 0 Å². The van der Waals surface area contributed by atoms with E-state index in [0.717, 1.165) is 18.5 Å². The van der Waals surface area contributed by atoms with Crippen molar-refractivity contribution in [2.45, 2.75) is 26.3 Å². The summed E-state index contributed by atoms with van der Waals surface area (Å²) in [6.07, 6.45) is 4.21. The smallest absolute Gasteiger partial charge is 0.237 e. The highest BCUT2D eigenvalue weighted by Crippen LogP contribution is 2.27. The normalized spacial score (nSPS) is 12.2. The van der Waals surface area contributed by atoms with E-state index >= 15 is 0 Å². The van der Waals surface area contributed by atoms with E-state index in [-0.39, 0.29) is 11.9 Å². The lowest BCUT2D eigenvalue weighted by Crippen LogP contribution is -2.25. The fourth-order valence-corrected chi connectivity index (χ4v) is 2.20. The summed E-state index contributed by atoms with van der Waals surface area (Å²) in [7, 11) is 1.57. The minimum Gasteiger partial charge on any atom is -0.480 e. The van der Waals surface area contributed by atoms with Crippen molar-refractivity contribution in [3.63, 3.8) is 0 Å². The Morgan fingerprint density at radius 1 is 1.29 bits per heavy atom. The van der Waals surface area contributed by atoms with Crippen molar-refractivity contribution in [2.75, 3.05) is 13.7 Å². The molecule has 0 radical (unpaired) electrons. The van der Waals surface area contributed by atoms with Crippen LogP contribution < -0.4 is 10.1 Å². The standard InChI is InChI=1S/C16H20FN3O/c1-4-7-18-14(12-5-6-13(17)11(2)10-12)15-16(21-3)20-9-8-19-15/h5-6,8-10,14,18H,4,7H2,1-3H3. The fraction of sp³-hybridized carbons (Fsp3) is 0.375. The van der Waals surface area contributed by atoms with Gasteiger partial charge < -0.3 is 10.1 Å². The Hall–Kier alpha value is -2.01. The SMILES string of the molecule is CCCNC(c1ccc(F)c(C)c1)c1nccnc1OC. The summed E-state index contributed by atoms with van der Waals surface area (Å²) in [5.74, 6) is 0.271. The predicted molar refractivity (Wildman–Crippen MR) is 79.9 cm³/mol. The Labute approximate surface area is 124 Å². The van der Waals surface area contributed by atoms with Crippen molar-refractivity contribution in [2.24, 2.45) is 0 Å². The molecule has 0 saturated heterocycles. The van der Waals surface area contributed by atoms with Crippen LogP contribution in [0.4, 0.5) is 4.39 Å². The van der Waals surface area contributed by atoms with Gasteiger partial charge in [0, 0.05) is 12.4 Å². The van der Waals surface area contributed by atoms with Crippen LogP contribution in [0, 0.1) is 12.7 Å². The first-order chi connectivity index (χ1) is 10.2. The minimum atomic E-state index is -0.209. The quantitative estimate of drug-likeness (QED) is 0.888. The molecular formula is C16H20FN3O. The molecule has 0 aliphatic heterocycles. The lowest BCUT2D eigenvalue weighted by Gasteiger charge is -2.20. The number of halogens is 1. The molecule has 4 nitrogen and oxygen atoms in total. The van der Waals surface area contributed by atoms with Gasteiger partial charge in [-0.25, -0.2) is 9.37 Å². The summed E-state index contributed by atoms with van der Waals surface area (Å²) in [6.45, 7) is 4.66. The summed E-state index contributed by atoms with van der Waals surface area (Å²) in [6, 6.07) is 4.90. The highest BCUT2D eigenvalue weighted by Gasteiger charge is 2.20. The van der Waals surface area contributed by atoms with Gasteiger partial charge in [0.1, 0.15) is 11.5 Å². The molecular weight excluding hydrogens is 269 g/mol. The number of benzene rings is 1. The maximum Gasteiger partial charge on any atom is 0.237 e. The van der Waals surface area contributed by atoms with Crippen molar-refractivity contribution in [1.29, 1.82) is 0 Å². The maximum atomic E-state index is 13.5. The highest BCUT2D eigenvalue weighted by molar-refractivity contribution is 5.35. The fourth-order valence-electron chi connectivity index (χ4n) is 2.20. The lowest BCUT2D eigenvalue weighted by atomic mass is 10.0. The molecule has 0 aliphatic rings. The molecule has 5 heteroatoms. The molecule has 0 bridgehead atoms. The Morgan fingerprint density at radius 3 is 2.71 bits per heavy atom. The third-order valence-electron chi connectivity index (χ3n) is 3.27. The maximum absolute atomic E-state index is 13.5. The lowest BCUT2D eigenvalue weighted by molar-refractivity contribution is 0.382. The van der Waals surface area contributed by atoms with Crippen molar-refractivity contribution < 1.29 is 9.13 Å². The van der Waals surface area contributed by atoms with Gasteiger partial charge in [-0.3, -0.25) is 4.98 Å². The largest absolute Gasteiger partial charge is 0.480 e. The number of nitrogens with one attached hydrogen (secondary N) is 1. The molecule has 0 spiro atoms. The molecule has 2 aromatic rings. The van der Waals surface area contributed by atoms with Crippen LogP contribution in [0.2, 0.25) is 0 Å². The molecule has 21 heavy (non-hydrogen) atoms. The van der Waals surface area contributed by atoms with Crippen molar-refractivity contribution in [3.8, 4) is 5.88 Å². The monoisotopic (exact) mass is 289 g/mol. The zero-order chi connectivity index (χ0) is 15.2. The second kappa shape index (κ2) is 7.13. The third-order valence-corrected chi connectivity index (χ3v) is 3.27. The molecule has 0 saturated carbocycles. The molecule has 0 fully saturated rings. The van der Waals surface area contributed by atoms with E-state index < -0.39 is 0 Å². The van der Waals surface area contributed by atoms with Gasteiger partial charge in [0.25, 0.3) is 0 Å². The first-order valence-corrected chi connectivity index (χ1v) is 7.01. The van der Waals surface area contributed by atoms with Crippen LogP contribution in [0.3, 0.4) is 0 Å². The van der Waals surface area contributed by atoms with E-state index in [1.807, 2.05) is 6.07 Å². The number of rotatable bonds is 6. The number of aryl methyl sites for hydroxylation is 1. The highest BCUT2D eigenvalue weighted by atomic mass is 19.1. The van der Waals surface area contributed by atoms with Crippen LogP contribution in [-0.4, -0.2) is 23.6 Å². The van der Waals surface area contributed by atoms with Gasteiger partial charge in [-0.2, -0.15) is 0 Å². The van der Waals surface area contributed by atoms with Gasteiger partial charge in [-0.05, 0) is 37.1 Å². The van der Waals surface area contributed by atoms with Gasteiger partial charge in [0.2, 0.25) is 5.88 Å². The number of hydrogen-bond donors (Lipinski definition) is 1. The molecule has 2 rings (SSSR count). The van der Waals surface area contributed by atoms with Gasteiger partial charge in [0.15, 0.2) is 0 Å². The Balaban J connectivity index is 2.44. The van der Waals surface area contributed by atoms with Crippen molar-refractivity contribution in [3.05, 3.63) is 53.2 Å². The summed E-state index contributed by atoms with van der Waals surface area (Å²) in [5.41, 5.74) is 2.26. The van der Waals surface area contributed by atoms with Crippen LogP contribution in [0.5, 0.6) is 5.88 Å². The van der Waals surface area contributed by atoms with E-state index in [4.69, 9.17) is 4.74 Å². The van der Waals surface area contributed by atoms with E-state index in [0.29, 0.717) is 17.1 Å².